The topological polar surface area (TPSA) is 72.3 Å². The minimum atomic E-state index is -0.373. The van der Waals surface area contributed by atoms with Gasteiger partial charge in [-0.2, -0.15) is 14.9 Å². The van der Waals surface area contributed by atoms with Crippen LogP contribution in [0.5, 0.6) is 0 Å². The number of ether oxygens (including phenoxy) is 1. The fourth-order valence-electron chi connectivity index (χ4n) is 2.12. The predicted molar refractivity (Wildman–Crippen MR) is 93.6 cm³/mol. The Kier molecular flexibility index (Phi) is 4.62. The molecule has 0 atom stereocenters. The predicted octanol–water partition coefficient (Wildman–Crippen LogP) is 3.28. The number of nitrogens with one attached hydrogen (secondary N) is 1. The number of hydrogen-bond acceptors (Lipinski definition) is 5. The molecule has 0 aliphatic rings. The van der Waals surface area contributed by atoms with E-state index < -0.39 is 0 Å². The van der Waals surface area contributed by atoms with Crippen molar-refractivity contribution in [3.05, 3.63) is 70.5 Å². The van der Waals surface area contributed by atoms with E-state index in [-0.39, 0.29) is 5.97 Å². The van der Waals surface area contributed by atoms with Crippen molar-refractivity contribution < 1.29 is 9.53 Å². The smallest absolute Gasteiger partial charge is 0.337 e. The summed E-state index contributed by atoms with van der Waals surface area (Å²) in [7, 11) is 1.35. The Labute approximate surface area is 143 Å². The number of benzene rings is 2. The lowest BCUT2D eigenvalue weighted by molar-refractivity contribution is 0.0600. The Hall–Kier alpha value is -3.06. The lowest BCUT2D eigenvalue weighted by Gasteiger charge is -2.01. The average Bonchev–Trinajstić information content (AvgIpc) is 3.01. The summed E-state index contributed by atoms with van der Waals surface area (Å²) >= 11 is 5.23. The molecule has 3 rings (SSSR count). The van der Waals surface area contributed by atoms with E-state index in [0.717, 1.165) is 11.1 Å². The largest absolute Gasteiger partial charge is 0.465 e. The maximum Gasteiger partial charge on any atom is 0.337 e. The molecular formula is C17H14N4O2S. The maximum absolute atomic E-state index is 11.4. The van der Waals surface area contributed by atoms with Crippen molar-refractivity contribution in [1.82, 2.24) is 14.9 Å². The fraction of sp³-hybridized carbons (Fsp3) is 0.0588. The molecule has 0 bridgehead atoms. The normalized spacial score (nSPS) is 10.9. The van der Waals surface area contributed by atoms with Crippen LogP contribution in [0.25, 0.3) is 11.4 Å². The number of aromatic amines is 1. The van der Waals surface area contributed by atoms with Gasteiger partial charge in [-0.15, -0.1) is 0 Å². The summed E-state index contributed by atoms with van der Waals surface area (Å²) in [6, 6.07) is 16.6. The van der Waals surface area contributed by atoms with Gasteiger partial charge in [-0.05, 0) is 29.9 Å². The van der Waals surface area contributed by atoms with Crippen LogP contribution in [-0.4, -0.2) is 34.2 Å². The van der Waals surface area contributed by atoms with E-state index in [1.165, 1.54) is 7.11 Å². The van der Waals surface area contributed by atoms with Crippen LogP contribution < -0.4 is 0 Å². The minimum Gasteiger partial charge on any atom is -0.465 e. The molecule has 120 valence electrons. The van der Waals surface area contributed by atoms with Gasteiger partial charge in [-0.3, -0.25) is 0 Å². The van der Waals surface area contributed by atoms with Crippen molar-refractivity contribution in [3.63, 3.8) is 0 Å². The van der Waals surface area contributed by atoms with Gasteiger partial charge in [0.05, 0.1) is 18.9 Å². The molecule has 0 aliphatic carbocycles. The van der Waals surface area contributed by atoms with Crippen molar-refractivity contribution in [2.75, 3.05) is 7.11 Å². The minimum absolute atomic E-state index is 0.373. The molecule has 0 saturated carbocycles. The summed E-state index contributed by atoms with van der Waals surface area (Å²) < 4.78 is 6.63. The molecule has 0 unspecified atom stereocenters. The summed E-state index contributed by atoms with van der Waals surface area (Å²) in [4.78, 5) is 11.4. The quantitative estimate of drug-likeness (QED) is 0.450. The third-order valence-corrected chi connectivity index (χ3v) is 3.60. The van der Waals surface area contributed by atoms with Gasteiger partial charge in [0, 0.05) is 5.56 Å². The van der Waals surface area contributed by atoms with Crippen LogP contribution in [0.2, 0.25) is 0 Å². The van der Waals surface area contributed by atoms with Gasteiger partial charge in [-0.25, -0.2) is 9.89 Å². The molecule has 7 heteroatoms. The van der Waals surface area contributed by atoms with Crippen LogP contribution in [0.1, 0.15) is 15.9 Å². The molecule has 0 saturated heterocycles. The first-order chi connectivity index (χ1) is 11.7. The van der Waals surface area contributed by atoms with Crippen LogP contribution >= 0.6 is 12.2 Å². The number of carbonyl (C=O) groups is 1. The van der Waals surface area contributed by atoms with E-state index in [0.29, 0.717) is 16.2 Å². The van der Waals surface area contributed by atoms with Crippen molar-refractivity contribution in [3.8, 4) is 11.4 Å². The SMILES string of the molecule is COC(=O)c1ccc(/C=N/n2c(-c3ccccc3)n[nH]c2=S)cc1. The number of hydrogen-bond donors (Lipinski definition) is 1. The van der Waals surface area contributed by atoms with Crippen LogP contribution in [0.15, 0.2) is 59.7 Å². The third kappa shape index (κ3) is 3.31. The van der Waals surface area contributed by atoms with Gasteiger partial charge < -0.3 is 4.74 Å². The van der Waals surface area contributed by atoms with Gasteiger partial charge in [0.25, 0.3) is 0 Å². The van der Waals surface area contributed by atoms with Gasteiger partial charge >= 0.3 is 5.97 Å². The van der Waals surface area contributed by atoms with E-state index in [1.807, 2.05) is 30.3 Å². The third-order valence-electron chi connectivity index (χ3n) is 3.34. The number of carbonyl (C=O) groups excluding carboxylic acids is 1. The molecule has 0 aliphatic heterocycles. The van der Waals surface area contributed by atoms with Gasteiger partial charge in [-0.1, -0.05) is 42.5 Å². The molecule has 0 spiro atoms. The number of methoxy groups -OCH3 is 1. The molecular weight excluding hydrogens is 324 g/mol. The Morgan fingerprint density at radius 3 is 2.58 bits per heavy atom. The number of nitrogens with zero attached hydrogens (tertiary/aromatic N) is 3. The zero-order chi connectivity index (χ0) is 16.9. The van der Waals surface area contributed by atoms with E-state index in [4.69, 9.17) is 12.2 Å². The standard InChI is InChI=1S/C17H14N4O2S/c1-23-16(22)14-9-7-12(8-10-14)11-18-21-15(19-20-17(21)24)13-5-3-2-4-6-13/h2-11H,1H3,(H,20,24)/b18-11+. The summed E-state index contributed by atoms with van der Waals surface area (Å²) in [6.45, 7) is 0. The maximum atomic E-state index is 11.4. The van der Waals surface area contributed by atoms with Crippen molar-refractivity contribution in [2.45, 2.75) is 0 Å². The first-order valence-electron chi connectivity index (χ1n) is 7.14. The van der Waals surface area contributed by atoms with Crippen LogP contribution in [0.3, 0.4) is 0 Å². The highest BCUT2D eigenvalue weighted by molar-refractivity contribution is 7.71. The first kappa shape index (κ1) is 15.8. The second-order valence-electron chi connectivity index (χ2n) is 4.89. The Balaban J connectivity index is 1.89. The van der Waals surface area contributed by atoms with E-state index in [2.05, 4.69) is 20.0 Å². The molecule has 0 fully saturated rings. The van der Waals surface area contributed by atoms with Crippen LogP contribution in [0.4, 0.5) is 0 Å². The number of aromatic nitrogens is 3. The first-order valence-corrected chi connectivity index (χ1v) is 7.55. The molecule has 2 aromatic carbocycles. The molecule has 1 aromatic heterocycles. The monoisotopic (exact) mass is 338 g/mol. The van der Waals surface area contributed by atoms with E-state index in [9.17, 15) is 4.79 Å². The van der Waals surface area contributed by atoms with Crippen LogP contribution in [0, 0.1) is 4.77 Å². The molecule has 24 heavy (non-hydrogen) atoms. The average molecular weight is 338 g/mol. The highest BCUT2D eigenvalue weighted by Gasteiger charge is 2.07. The van der Waals surface area contributed by atoms with Gasteiger partial charge in [0.1, 0.15) is 0 Å². The summed E-state index contributed by atoms with van der Waals surface area (Å²) in [5.74, 6) is 0.255. The Morgan fingerprint density at radius 2 is 1.92 bits per heavy atom. The Bertz CT molecular complexity index is 927. The Morgan fingerprint density at radius 1 is 1.21 bits per heavy atom. The second kappa shape index (κ2) is 7.01. The second-order valence-corrected chi connectivity index (χ2v) is 5.28. The summed E-state index contributed by atoms with van der Waals surface area (Å²) in [5, 5.41) is 11.3. The molecule has 1 N–H and O–H groups in total. The molecule has 6 nitrogen and oxygen atoms in total. The molecule has 0 amide bonds. The number of H-pyrrole nitrogens is 1. The van der Waals surface area contributed by atoms with Gasteiger partial charge in [0.2, 0.25) is 4.77 Å². The van der Waals surface area contributed by atoms with E-state index in [1.54, 1.807) is 35.2 Å². The molecule has 1 heterocycles. The zero-order valence-corrected chi connectivity index (χ0v) is 13.7. The molecule has 0 radical (unpaired) electrons. The van der Waals surface area contributed by atoms with Gasteiger partial charge in [0.15, 0.2) is 5.82 Å². The fourth-order valence-corrected chi connectivity index (χ4v) is 2.30. The summed E-state index contributed by atoms with van der Waals surface area (Å²) in [5.41, 5.74) is 2.22. The van der Waals surface area contributed by atoms with E-state index >= 15 is 0 Å². The van der Waals surface area contributed by atoms with Crippen LogP contribution in [-0.2, 0) is 4.74 Å². The highest BCUT2D eigenvalue weighted by Crippen LogP contribution is 2.16. The zero-order valence-electron chi connectivity index (χ0n) is 12.8. The van der Waals surface area contributed by atoms with Crippen molar-refractivity contribution in [2.24, 2.45) is 5.10 Å². The number of esters is 1. The lowest BCUT2D eigenvalue weighted by atomic mass is 10.1. The molecule has 3 aromatic rings. The number of rotatable bonds is 4. The lowest BCUT2D eigenvalue weighted by Crippen LogP contribution is -2.01. The summed E-state index contributed by atoms with van der Waals surface area (Å²) in [6.07, 6.45) is 1.65. The van der Waals surface area contributed by atoms with Crippen molar-refractivity contribution >= 4 is 24.4 Å². The van der Waals surface area contributed by atoms with Crippen molar-refractivity contribution in [1.29, 1.82) is 0 Å². The highest BCUT2D eigenvalue weighted by atomic mass is 32.1.